The fraction of sp³-hybridized carbons (Fsp3) is 0.462. The van der Waals surface area contributed by atoms with E-state index in [0.717, 1.165) is 18.4 Å². The number of hydrogen-bond acceptors (Lipinski definition) is 3. The van der Waals surface area contributed by atoms with Gasteiger partial charge in [0, 0.05) is 23.7 Å². The van der Waals surface area contributed by atoms with E-state index < -0.39 is 10.8 Å². The number of carbonyl (C=O) groups is 1. The van der Waals surface area contributed by atoms with Gasteiger partial charge in [-0.05, 0) is 43.5 Å². The summed E-state index contributed by atoms with van der Waals surface area (Å²) in [5.41, 5.74) is 7.28. The lowest BCUT2D eigenvalue weighted by atomic mass is 10.2. The molecule has 2 N–H and O–H groups in total. The van der Waals surface area contributed by atoms with Crippen LogP contribution in [0, 0.1) is 6.92 Å². The Morgan fingerprint density at radius 1 is 1.50 bits per heavy atom. The molecule has 0 heterocycles. The van der Waals surface area contributed by atoms with Gasteiger partial charge in [0.15, 0.2) is 0 Å². The Hall–Kier alpha value is -1.36. The van der Waals surface area contributed by atoms with Crippen LogP contribution < -0.4 is 5.73 Å². The van der Waals surface area contributed by atoms with E-state index in [0.29, 0.717) is 16.6 Å². The van der Waals surface area contributed by atoms with Gasteiger partial charge >= 0.3 is 0 Å². The van der Waals surface area contributed by atoms with Crippen molar-refractivity contribution in [1.82, 2.24) is 4.90 Å². The highest BCUT2D eigenvalue weighted by Gasteiger charge is 2.30. The van der Waals surface area contributed by atoms with Crippen LogP contribution >= 0.6 is 0 Å². The van der Waals surface area contributed by atoms with Gasteiger partial charge in [0.2, 0.25) is 5.91 Å². The van der Waals surface area contributed by atoms with Crippen LogP contribution in [-0.2, 0) is 15.6 Å². The standard InChI is InChI=1S/C13H18N2O2S/c1-9-7-11(5-6-12(9)14)18(17)8-13(16)15(2)10-3-4-10/h5-7,10H,3-4,8,14H2,1-2H3. The maximum atomic E-state index is 12.1. The monoisotopic (exact) mass is 266 g/mol. The number of nitrogens with two attached hydrogens (primary N) is 1. The zero-order valence-corrected chi connectivity index (χ0v) is 11.5. The van der Waals surface area contributed by atoms with Crippen LogP contribution in [-0.4, -0.2) is 33.9 Å². The van der Waals surface area contributed by atoms with E-state index in [1.165, 1.54) is 0 Å². The number of carbonyl (C=O) groups excluding carboxylic acids is 1. The molecule has 1 aromatic carbocycles. The van der Waals surface area contributed by atoms with Gasteiger partial charge in [0.25, 0.3) is 0 Å². The van der Waals surface area contributed by atoms with E-state index in [9.17, 15) is 9.00 Å². The predicted octanol–water partition coefficient (Wildman–Crippen LogP) is 1.31. The van der Waals surface area contributed by atoms with Gasteiger partial charge in [-0.3, -0.25) is 9.00 Å². The van der Waals surface area contributed by atoms with Crippen molar-refractivity contribution in [3.63, 3.8) is 0 Å². The van der Waals surface area contributed by atoms with Gasteiger partial charge < -0.3 is 10.6 Å². The first-order chi connectivity index (χ1) is 8.49. The molecule has 1 saturated carbocycles. The smallest absolute Gasteiger partial charge is 0.235 e. The second kappa shape index (κ2) is 5.10. The zero-order valence-electron chi connectivity index (χ0n) is 10.7. The fourth-order valence-electron chi connectivity index (χ4n) is 1.75. The highest BCUT2D eigenvalue weighted by molar-refractivity contribution is 7.85. The molecule has 0 aromatic heterocycles. The lowest BCUT2D eigenvalue weighted by molar-refractivity contribution is -0.127. The molecule has 1 unspecified atom stereocenters. The summed E-state index contributed by atoms with van der Waals surface area (Å²) in [6.07, 6.45) is 2.13. The molecule has 1 atom stereocenters. The van der Waals surface area contributed by atoms with Crippen LogP contribution in [0.4, 0.5) is 5.69 Å². The second-order valence-corrected chi connectivity index (χ2v) is 6.20. The summed E-state index contributed by atoms with van der Waals surface area (Å²) in [4.78, 5) is 14.2. The van der Waals surface area contributed by atoms with E-state index in [1.807, 2.05) is 6.92 Å². The maximum absolute atomic E-state index is 12.1. The Kier molecular flexibility index (Phi) is 3.71. The Morgan fingerprint density at radius 3 is 2.72 bits per heavy atom. The topological polar surface area (TPSA) is 63.4 Å². The molecule has 1 aliphatic rings. The third-order valence-electron chi connectivity index (χ3n) is 3.25. The third-order valence-corrected chi connectivity index (χ3v) is 4.54. The van der Waals surface area contributed by atoms with Crippen LogP contribution in [0.3, 0.4) is 0 Å². The molecule has 18 heavy (non-hydrogen) atoms. The summed E-state index contributed by atoms with van der Waals surface area (Å²) in [5.74, 6) is 0.00130. The predicted molar refractivity (Wildman–Crippen MR) is 72.7 cm³/mol. The maximum Gasteiger partial charge on any atom is 0.235 e. The summed E-state index contributed by atoms with van der Waals surface area (Å²) < 4.78 is 12.1. The molecule has 98 valence electrons. The normalized spacial score (nSPS) is 16.3. The summed E-state index contributed by atoms with van der Waals surface area (Å²) >= 11 is 0. The first-order valence-corrected chi connectivity index (χ1v) is 7.31. The molecular formula is C13H18N2O2S. The first-order valence-electron chi connectivity index (χ1n) is 5.99. The van der Waals surface area contributed by atoms with Gasteiger partial charge in [-0.1, -0.05) is 0 Å². The van der Waals surface area contributed by atoms with E-state index in [-0.39, 0.29) is 11.7 Å². The minimum absolute atomic E-state index is 0.0506. The number of benzene rings is 1. The van der Waals surface area contributed by atoms with Crippen molar-refractivity contribution in [2.75, 3.05) is 18.5 Å². The minimum atomic E-state index is -1.29. The van der Waals surface area contributed by atoms with Crippen LogP contribution in [0.1, 0.15) is 18.4 Å². The van der Waals surface area contributed by atoms with Crippen molar-refractivity contribution in [1.29, 1.82) is 0 Å². The quantitative estimate of drug-likeness (QED) is 0.836. The number of hydrogen-bond donors (Lipinski definition) is 1. The molecule has 0 saturated heterocycles. The molecule has 0 spiro atoms. The second-order valence-electron chi connectivity index (χ2n) is 4.74. The van der Waals surface area contributed by atoms with Crippen LogP contribution in [0.2, 0.25) is 0 Å². The van der Waals surface area contributed by atoms with Crippen molar-refractivity contribution in [2.24, 2.45) is 0 Å². The summed E-state index contributed by atoms with van der Waals surface area (Å²) in [5, 5.41) is 0. The highest BCUT2D eigenvalue weighted by atomic mass is 32.2. The molecule has 0 aliphatic heterocycles. The SMILES string of the molecule is Cc1cc(S(=O)CC(=O)N(C)C2CC2)ccc1N. The minimum Gasteiger partial charge on any atom is -0.399 e. The van der Waals surface area contributed by atoms with Crippen LogP contribution in [0.25, 0.3) is 0 Å². The number of amides is 1. The van der Waals surface area contributed by atoms with Crippen LogP contribution in [0.15, 0.2) is 23.1 Å². The van der Waals surface area contributed by atoms with Crippen molar-refractivity contribution >= 4 is 22.4 Å². The number of nitrogen functional groups attached to an aromatic ring is 1. The van der Waals surface area contributed by atoms with Crippen molar-refractivity contribution in [3.8, 4) is 0 Å². The number of aryl methyl sites for hydroxylation is 1. The molecule has 1 amide bonds. The average Bonchev–Trinajstić information content (AvgIpc) is 3.15. The molecule has 1 aliphatic carbocycles. The molecular weight excluding hydrogens is 248 g/mol. The van der Waals surface area contributed by atoms with Gasteiger partial charge in [0.05, 0.1) is 10.8 Å². The molecule has 0 bridgehead atoms. The van der Waals surface area contributed by atoms with E-state index in [4.69, 9.17) is 5.73 Å². The highest BCUT2D eigenvalue weighted by Crippen LogP contribution is 2.25. The Balaban J connectivity index is 2.02. The molecule has 5 heteroatoms. The Morgan fingerprint density at radius 2 is 2.17 bits per heavy atom. The summed E-state index contributed by atoms with van der Waals surface area (Å²) in [6.45, 7) is 1.87. The zero-order chi connectivity index (χ0) is 13.3. The van der Waals surface area contributed by atoms with E-state index in [2.05, 4.69) is 0 Å². The molecule has 0 radical (unpaired) electrons. The van der Waals surface area contributed by atoms with Crippen molar-refractivity contribution in [3.05, 3.63) is 23.8 Å². The summed E-state index contributed by atoms with van der Waals surface area (Å²) in [6, 6.07) is 5.61. The molecule has 1 fully saturated rings. The van der Waals surface area contributed by atoms with Gasteiger partial charge in [0.1, 0.15) is 5.75 Å². The van der Waals surface area contributed by atoms with Crippen LogP contribution in [0.5, 0.6) is 0 Å². The van der Waals surface area contributed by atoms with E-state index in [1.54, 1.807) is 30.1 Å². The van der Waals surface area contributed by atoms with Crippen molar-refractivity contribution in [2.45, 2.75) is 30.7 Å². The Labute approximate surface area is 110 Å². The average molecular weight is 266 g/mol. The molecule has 4 nitrogen and oxygen atoms in total. The first kappa shape index (κ1) is 13.1. The number of anilines is 1. The van der Waals surface area contributed by atoms with Gasteiger partial charge in [-0.25, -0.2) is 0 Å². The lowest BCUT2D eigenvalue weighted by Gasteiger charge is -2.15. The van der Waals surface area contributed by atoms with Gasteiger partial charge in [-0.15, -0.1) is 0 Å². The number of nitrogens with zero attached hydrogens (tertiary/aromatic N) is 1. The fourth-order valence-corrected chi connectivity index (χ4v) is 2.88. The van der Waals surface area contributed by atoms with Gasteiger partial charge in [-0.2, -0.15) is 0 Å². The van der Waals surface area contributed by atoms with Crippen molar-refractivity contribution < 1.29 is 9.00 Å². The van der Waals surface area contributed by atoms with E-state index >= 15 is 0 Å². The Bertz CT molecular complexity index is 498. The molecule has 2 rings (SSSR count). The summed E-state index contributed by atoms with van der Waals surface area (Å²) in [7, 11) is 0.495. The third kappa shape index (κ3) is 2.90. The molecule has 1 aromatic rings. The largest absolute Gasteiger partial charge is 0.399 e. The number of rotatable bonds is 4. The lowest BCUT2D eigenvalue weighted by Crippen LogP contribution is -2.32.